The molecule has 2 aromatic carbocycles. The predicted octanol–water partition coefficient (Wildman–Crippen LogP) is 5.68. The molecule has 1 unspecified atom stereocenters. The van der Waals surface area contributed by atoms with E-state index in [1.165, 1.54) is 0 Å². The van der Waals surface area contributed by atoms with Crippen LogP contribution < -0.4 is 5.09 Å². The molecule has 124 valence electrons. The van der Waals surface area contributed by atoms with Gasteiger partial charge in [0, 0.05) is 28.8 Å². The SMILES string of the molecule is CCC(C)NP1(=O)C=C(c2ccccc2)OC(c2ccccc2)=C1. The van der Waals surface area contributed by atoms with E-state index in [-0.39, 0.29) is 6.04 Å². The quantitative estimate of drug-likeness (QED) is 0.712. The van der Waals surface area contributed by atoms with E-state index in [2.05, 4.69) is 12.0 Å². The summed E-state index contributed by atoms with van der Waals surface area (Å²) < 4.78 is 19.5. The van der Waals surface area contributed by atoms with Crippen molar-refractivity contribution in [2.45, 2.75) is 26.3 Å². The molecular weight excluding hydrogens is 317 g/mol. The van der Waals surface area contributed by atoms with Crippen LogP contribution in [0.4, 0.5) is 0 Å². The first-order valence-electron chi connectivity index (χ1n) is 8.21. The minimum Gasteiger partial charge on any atom is -0.456 e. The largest absolute Gasteiger partial charge is 0.456 e. The van der Waals surface area contributed by atoms with Gasteiger partial charge in [0.25, 0.3) is 0 Å². The molecule has 1 atom stereocenters. The summed E-state index contributed by atoms with van der Waals surface area (Å²) in [5.41, 5.74) is 1.84. The Balaban J connectivity index is 2.03. The van der Waals surface area contributed by atoms with Crippen molar-refractivity contribution in [3.8, 4) is 0 Å². The maximum Gasteiger partial charge on any atom is 0.198 e. The van der Waals surface area contributed by atoms with Gasteiger partial charge in [0.15, 0.2) is 7.29 Å². The normalized spacial score (nSPS) is 17.4. The summed E-state index contributed by atoms with van der Waals surface area (Å²) in [5, 5.41) is 3.27. The lowest BCUT2D eigenvalue weighted by Crippen LogP contribution is -2.21. The highest BCUT2D eigenvalue weighted by Gasteiger charge is 2.27. The number of ether oxygens (including phenoxy) is 1. The Morgan fingerprint density at radius 3 is 1.79 bits per heavy atom. The molecular formula is C20H22NO2P. The van der Waals surface area contributed by atoms with Gasteiger partial charge in [-0.15, -0.1) is 0 Å². The Hall–Kier alpha value is -2.09. The summed E-state index contributed by atoms with van der Waals surface area (Å²) in [7, 11) is -2.83. The molecule has 3 nitrogen and oxygen atoms in total. The summed E-state index contributed by atoms with van der Waals surface area (Å²) >= 11 is 0. The van der Waals surface area contributed by atoms with Crippen LogP contribution in [-0.2, 0) is 9.30 Å². The van der Waals surface area contributed by atoms with E-state index >= 15 is 0 Å². The van der Waals surface area contributed by atoms with Crippen LogP contribution in [0.15, 0.2) is 72.3 Å². The van der Waals surface area contributed by atoms with Gasteiger partial charge in [0.05, 0.1) is 0 Å². The van der Waals surface area contributed by atoms with Gasteiger partial charge >= 0.3 is 0 Å². The summed E-state index contributed by atoms with van der Waals surface area (Å²) in [6, 6.07) is 19.7. The first-order valence-corrected chi connectivity index (χ1v) is 10.1. The fourth-order valence-electron chi connectivity index (χ4n) is 2.54. The third kappa shape index (κ3) is 3.87. The van der Waals surface area contributed by atoms with Gasteiger partial charge in [-0.2, -0.15) is 0 Å². The van der Waals surface area contributed by atoms with Crippen molar-refractivity contribution >= 4 is 18.8 Å². The Morgan fingerprint density at radius 2 is 1.38 bits per heavy atom. The van der Waals surface area contributed by atoms with Crippen LogP contribution in [0.25, 0.3) is 11.5 Å². The second-order valence-electron chi connectivity index (χ2n) is 5.97. The average molecular weight is 339 g/mol. The molecule has 0 amide bonds. The first-order chi connectivity index (χ1) is 11.6. The molecule has 0 spiro atoms. The van der Waals surface area contributed by atoms with Crippen LogP contribution in [0, 0.1) is 0 Å². The molecule has 0 aliphatic carbocycles. The smallest absolute Gasteiger partial charge is 0.198 e. The van der Waals surface area contributed by atoms with Crippen LogP contribution in [-0.4, -0.2) is 6.04 Å². The molecule has 1 aliphatic rings. The third-order valence-corrected chi connectivity index (χ3v) is 6.07. The standard InChI is InChI=1S/C20H22NO2P/c1-3-16(2)21-24(22)14-19(17-10-6-4-7-11-17)23-20(15-24)18-12-8-5-9-13-18/h4-16H,3H2,1-2H3,(H,21,22). The minimum absolute atomic E-state index is 0.162. The lowest BCUT2D eigenvalue weighted by Gasteiger charge is -2.25. The fourth-order valence-corrected chi connectivity index (χ4v) is 4.73. The minimum atomic E-state index is -2.83. The van der Waals surface area contributed by atoms with Gasteiger partial charge in [-0.25, -0.2) is 0 Å². The number of nitrogens with one attached hydrogen (secondary N) is 1. The molecule has 4 heteroatoms. The van der Waals surface area contributed by atoms with E-state index in [0.717, 1.165) is 17.5 Å². The number of rotatable bonds is 5. The van der Waals surface area contributed by atoms with Crippen molar-refractivity contribution < 1.29 is 9.30 Å². The highest BCUT2D eigenvalue weighted by Crippen LogP contribution is 2.53. The zero-order chi connectivity index (χ0) is 17.0. The van der Waals surface area contributed by atoms with Crippen molar-refractivity contribution in [2.24, 2.45) is 0 Å². The second-order valence-corrected chi connectivity index (χ2v) is 8.16. The molecule has 2 aromatic rings. The number of benzene rings is 2. The van der Waals surface area contributed by atoms with E-state index in [0.29, 0.717) is 11.5 Å². The van der Waals surface area contributed by atoms with Crippen molar-refractivity contribution in [1.29, 1.82) is 0 Å². The lowest BCUT2D eigenvalue weighted by atomic mass is 10.2. The van der Waals surface area contributed by atoms with Gasteiger partial charge in [0.1, 0.15) is 11.5 Å². The average Bonchev–Trinajstić information content (AvgIpc) is 2.62. The molecule has 0 aromatic heterocycles. The van der Waals surface area contributed by atoms with Crippen molar-refractivity contribution in [3.63, 3.8) is 0 Å². The van der Waals surface area contributed by atoms with Gasteiger partial charge in [0.2, 0.25) is 0 Å². The molecule has 0 radical (unpaired) electrons. The highest BCUT2D eigenvalue weighted by atomic mass is 31.2. The van der Waals surface area contributed by atoms with Crippen LogP contribution in [0.5, 0.6) is 0 Å². The highest BCUT2D eigenvalue weighted by molar-refractivity contribution is 7.68. The van der Waals surface area contributed by atoms with E-state index < -0.39 is 7.29 Å². The first kappa shape index (κ1) is 16.8. The topological polar surface area (TPSA) is 38.3 Å². The van der Waals surface area contributed by atoms with Crippen LogP contribution in [0.1, 0.15) is 31.4 Å². The van der Waals surface area contributed by atoms with Crippen molar-refractivity contribution in [2.75, 3.05) is 0 Å². The molecule has 1 heterocycles. The van der Waals surface area contributed by atoms with Gasteiger partial charge in [-0.1, -0.05) is 67.6 Å². The lowest BCUT2D eigenvalue weighted by molar-refractivity contribution is 0.467. The fraction of sp³-hybridized carbons (Fsp3) is 0.200. The molecule has 24 heavy (non-hydrogen) atoms. The Morgan fingerprint density at radius 1 is 0.917 bits per heavy atom. The monoisotopic (exact) mass is 339 g/mol. The van der Waals surface area contributed by atoms with E-state index in [9.17, 15) is 4.57 Å². The van der Waals surface area contributed by atoms with Gasteiger partial charge < -0.3 is 4.74 Å². The summed E-state index contributed by atoms with van der Waals surface area (Å²) in [5.74, 6) is 4.74. The van der Waals surface area contributed by atoms with Crippen LogP contribution in [0.3, 0.4) is 0 Å². The molecule has 1 N–H and O–H groups in total. The molecule has 3 rings (SSSR count). The Labute approximate surface area is 143 Å². The van der Waals surface area contributed by atoms with E-state index in [1.807, 2.05) is 67.6 Å². The molecule has 0 fully saturated rings. The molecule has 0 saturated carbocycles. The summed E-state index contributed by atoms with van der Waals surface area (Å²) in [4.78, 5) is 0. The van der Waals surface area contributed by atoms with Crippen LogP contribution in [0.2, 0.25) is 0 Å². The molecule has 0 bridgehead atoms. The number of hydrogen-bond acceptors (Lipinski definition) is 2. The molecule has 0 saturated heterocycles. The second kappa shape index (κ2) is 7.21. The third-order valence-electron chi connectivity index (χ3n) is 3.99. The predicted molar refractivity (Wildman–Crippen MR) is 100 cm³/mol. The van der Waals surface area contributed by atoms with Crippen molar-refractivity contribution in [3.05, 3.63) is 83.4 Å². The van der Waals surface area contributed by atoms with E-state index in [1.54, 1.807) is 11.6 Å². The summed E-state index contributed by atoms with van der Waals surface area (Å²) in [6.07, 6.45) is 0.911. The Kier molecular flexibility index (Phi) is 5.03. The number of hydrogen-bond donors (Lipinski definition) is 1. The summed E-state index contributed by atoms with van der Waals surface area (Å²) in [6.45, 7) is 4.12. The van der Waals surface area contributed by atoms with Gasteiger partial charge in [-0.3, -0.25) is 9.65 Å². The molecule has 1 aliphatic heterocycles. The Bertz CT molecular complexity index is 737. The maximum atomic E-state index is 13.4. The van der Waals surface area contributed by atoms with Gasteiger partial charge in [-0.05, 0) is 13.3 Å². The maximum absolute atomic E-state index is 13.4. The zero-order valence-electron chi connectivity index (χ0n) is 14.0. The van der Waals surface area contributed by atoms with Crippen LogP contribution >= 0.6 is 7.29 Å². The van der Waals surface area contributed by atoms with Crippen molar-refractivity contribution in [1.82, 2.24) is 5.09 Å². The van der Waals surface area contributed by atoms with E-state index in [4.69, 9.17) is 4.74 Å². The zero-order valence-corrected chi connectivity index (χ0v) is 14.9.